The lowest BCUT2D eigenvalue weighted by Gasteiger charge is -2.12. The van der Waals surface area contributed by atoms with E-state index in [1.54, 1.807) is 18.2 Å². The number of hydrogen-bond acceptors (Lipinski definition) is 6. The van der Waals surface area contributed by atoms with Crippen molar-refractivity contribution in [3.63, 3.8) is 0 Å². The van der Waals surface area contributed by atoms with Crippen LogP contribution in [0, 0.1) is 0 Å². The number of carbonyl (C=O) groups is 2. The standard InChI is InChI=1S/C33H41NO5/c1-37-33(36)30-24-29(19-20-32(30)39-26-28-17-8-5-9-18-28)31(35)25-34-21-11-2-3-12-22-38-23-13-10-16-27-14-6-4-7-15-27/h4-9,14-15,17-20,24,34H,2-3,10-13,16,21-23,25-26H2,1H3. The van der Waals surface area contributed by atoms with Crippen molar-refractivity contribution in [2.24, 2.45) is 0 Å². The number of hydrogen-bond donors (Lipinski definition) is 1. The molecule has 0 heterocycles. The topological polar surface area (TPSA) is 73.9 Å². The van der Waals surface area contributed by atoms with Crippen LogP contribution < -0.4 is 10.1 Å². The maximum Gasteiger partial charge on any atom is 0.341 e. The summed E-state index contributed by atoms with van der Waals surface area (Å²) in [4.78, 5) is 25.0. The molecular formula is C33H41NO5. The van der Waals surface area contributed by atoms with E-state index in [9.17, 15) is 9.59 Å². The average Bonchev–Trinajstić information content (AvgIpc) is 2.98. The molecule has 0 unspecified atom stereocenters. The number of esters is 1. The molecule has 0 bridgehead atoms. The first kappa shape index (κ1) is 30.1. The van der Waals surface area contributed by atoms with Crippen molar-refractivity contribution in [1.82, 2.24) is 5.32 Å². The number of methoxy groups -OCH3 is 1. The van der Waals surface area contributed by atoms with Crippen molar-refractivity contribution < 1.29 is 23.8 Å². The molecule has 6 heteroatoms. The third-order valence-corrected chi connectivity index (χ3v) is 6.47. The molecule has 0 aliphatic heterocycles. The minimum atomic E-state index is -0.531. The Morgan fingerprint density at radius 1 is 0.744 bits per heavy atom. The van der Waals surface area contributed by atoms with E-state index in [4.69, 9.17) is 14.2 Å². The van der Waals surface area contributed by atoms with E-state index in [2.05, 4.69) is 35.6 Å². The van der Waals surface area contributed by atoms with Crippen LogP contribution in [-0.2, 0) is 22.5 Å². The van der Waals surface area contributed by atoms with E-state index in [1.807, 2.05) is 30.3 Å². The molecular weight excluding hydrogens is 490 g/mol. The van der Waals surface area contributed by atoms with Gasteiger partial charge in [0, 0.05) is 18.8 Å². The van der Waals surface area contributed by atoms with Crippen LogP contribution in [0.15, 0.2) is 78.9 Å². The number of aryl methyl sites for hydroxylation is 1. The molecule has 6 nitrogen and oxygen atoms in total. The summed E-state index contributed by atoms with van der Waals surface area (Å²) < 4.78 is 16.5. The first-order valence-electron chi connectivity index (χ1n) is 13.9. The molecule has 3 aromatic carbocycles. The van der Waals surface area contributed by atoms with Crippen molar-refractivity contribution >= 4 is 11.8 Å². The zero-order valence-electron chi connectivity index (χ0n) is 23.0. The smallest absolute Gasteiger partial charge is 0.341 e. The van der Waals surface area contributed by atoms with Crippen LogP contribution in [0.25, 0.3) is 0 Å². The van der Waals surface area contributed by atoms with Crippen molar-refractivity contribution in [3.8, 4) is 5.75 Å². The van der Waals surface area contributed by atoms with Crippen LogP contribution >= 0.6 is 0 Å². The molecule has 0 aliphatic rings. The summed E-state index contributed by atoms with van der Waals surface area (Å²) in [6.45, 7) is 2.95. The summed E-state index contributed by atoms with van der Waals surface area (Å²) in [7, 11) is 1.32. The second-order valence-corrected chi connectivity index (χ2v) is 9.55. The predicted octanol–water partition coefficient (Wildman–Crippen LogP) is 6.42. The van der Waals surface area contributed by atoms with Gasteiger partial charge in [-0.2, -0.15) is 0 Å². The molecule has 0 spiro atoms. The van der Waals surface area contributed by atoms with Gasteiger partial charge in [-0.1, -0.05) is 73.5 Å². The summed E-state index contributed by atoms with van der Waals surface area (Å²) in [5.74, 6) is -0.210. The number of ether oxygens (including phenoxy) is 3. The lowest BCUT2D eigenvalue weighted by molar-refractivity contribution is 0.0595. The lowest BCUT2D eigenvalue weighted by Crippen LogP contribution is -2.24. The van der Waals surface area contributed by atoms with Crippen molar-refractivity contribution in [3.05, 3.63) is 101 Å². The van der Waals surface area contributed by atoms with Gasteiger partial charge >= 0.3 is 5.97 Å². The highest BCUT2D eigenvalue weighted by atomic mass is 16.5. The molecule has 1 N–H and O–H groups in total. The molecule has 0 amide bonds. The van der Waals surface area contributed by atoms with Gasteiger partial charge in [0.25, 0.3) is 0 Å². The van der Waals surface area contributed by atoms with Gasteiger partial charge in [-0.15, -0.1) is 0 Å². The number of Topliss-reactive ketones (excluding diaryl/α,β-unsaturated/α-hetero) is 1. The van der Waals surface area contributed by atoms with Crippen LogP contribution in [0.5, 0.6) is 5.75 Å². The van der Waals surface area contributed by atoms with E-state index in [0.717, 1.165) is 70.3 Å². The molecule has 3 rings (SSSR count). The summed E-state index contributed by atoms with van der Waals surface area (Å²) >= 11 is 0. The van der Waals surface area contributed by atoms with Gasteiger partial charge in [0.2, 0.25) is 0 Å². The van der Waals surface area contributed by atoms with E-state index in [0.29, 0.717) is 17.9 Å². The minimum Gasteiger partial charge on any atom is -0.488 e. The Labute approximate surface area is 232 Å². The average molecular weight is 532 g/mol. The highest BCUT2D eigenvalue weighted by molar-refractivity contribution is 6.01. The first-order chi connectivity index (χ1) is 19.2. The Morgan fingerprint density at radius 2 is 1.41 bits per heavy atom. The van der Waals surface area contributed by atoms with E-state index in [-0.39, 0.29) is 17.9 Å². The van der Waals surface area contributed by atoms with Gasteiger partial charge < -0.3 is 19.5 Å². The highest BCUT2D eigenvalue weighted by Gasteiger charge is 2.17. The van der Waals surface area contributed by atoms with E-state index in [1.165, 1.54) is 12.7 Å². The van der Waals surface area contributed by atoms with Crippen LogP contribution in [0.4, 0.5) is 0 Å². The van der Waals surface area contributed by atoms with Gasteiger partial charge in [0.15, 0.2) is 5.78 Å². The predicted molar refractivity (Wildman–Crippen MR) is 154 cm³/mol. The first-order valence-corrected chi connectivity index (χ1v) is 13.9. The molecule has 208 valence electrons. The molecule has 0 aromatic heterocycles. The highest BCUT2D eigenvalue weighted by Crippen LogP contribution is 2.23. The van der Waals surface area contributed by atoms with Gasteiger partial charge in [-0.3, -0.25) is 4.79 Å². The number of nitrogens with one attached hydrogen (secondary N) is 1. The molecule has 0 saturated carbocycles. The molecule has 0 aliphatic carbocycles. The van der Waals surface area contributed by atoms with Gasteiger partial charge in [0.05, 0.1) is 13.7 Å². The molecule has 3 aromatic rings. The van der Waals surface area contributed by atoms with Crippen molar-refractivity contribution in [1.29, 1.82) is 0 Å². The van der Waals surface area contributed by atoms with Crippen LogP contribution in [0.2, 0.25) is 0 Å². The third kappa shape index (κ3) is 11.4. The fraction of sp³-hybridized carbons (Fsp3) is 0.394. The Bertz CT molecular complexity index is 1120. The quantitative estimate of drug-likeness (QED) is 0.109. The summed E-state index contributed by atoms with van der Waals surface area (Å²) in [5.41, 5.74) is 3.08. The minimum absolute atomic E-state index is 0.0737. The van der Waals surface area contributed by atoms with Crippen LogP contribution in [0.3, 0.4) is 0 Å². The van der Waals surface area contributed by atoms with Gasteiger partial charge in [0.1, 0.15) is 17.9 Å². The molecule has 0 radical (unpaired) electrons. The zero-order chi connectivity index (χ0) is 27.5. The van der Waals surface area contributed by atoms with Gasteiger partial charge in [-0.05, 0) is 68.0 Å². The van der Waals surface area contributed by atoms with Crippen LogP contribution in [0.1, 0.15) is 70.4 Å². The Morgan fingerprint density at radius 3 is 2.13 bits per heavy atom. The maximum absolute atomic E-state index is 12.7. The maximum atomic E-state index is 12.7. The Kier molecular flexibility index (Phi) is 13.8. The summed E-state index contributed by atoms with van der Waals surface area (Å²) in [6.07, 6.45) is 7.64. The second kappa shape index (κ2) is 17.9. The fourth-order valence-corrected chi connectivity index (χ4v) is 4.23. The Balaban J connectivity index is 1.26. The normalized spacial score (nSPS) is 10.8. The summed E-state index contributed by atoms with van der Waals surface area (Å²) in [6, 6.07) is 25.2. The molecule has 0 saturated heterocycles. The lowest BCUT2D eigenvalue weighted by atomic mass is 10.1. The number of ketones is 1. The zero-order valence-corrected chi connectivity index (χ0v) is 23.0. The third-order valence-electron chi connectivity index (χ3n) is 6.47. The summed E-state index contributed by atoms with van der Waals surface area (Å²) in [5, 5.41) is 3.22. The number of carbonyl (C=O) groups excluding carboxylic acids is 2. The van der Waals surface area contributed by atoms with Crippen LogP contribution in [-0.4, -0.2) is 45.2 Å². The number of rotatable bonds is 19. The molecule has 0 atom stereocenters. The largest absolute Gasteiger partial charge is 0.488 e. The molecule has 39 heavy (non-hydrogen) atoms. The SMILES string of the molecule is COC(=O)c1cc(C(=O)CNCCCCCCOCCCCc2ccccc2)ccc1OCc1ccccc1. The Hall–Kier alpha value is -3.48. The fourth-order valence-electron chi connectivity index (χ4n) is 4.23. The number of benzene rings is 3. The monoisotopic (exact) mass is 531 g/mol. The van der Waals surface area contributed by atoms with E-state index < -0.39 is 5.97 Å². The van der Waals surface area contributed by atoms with Gasteiger partial charge in [-0.25, -0.2) is 4.79 Å². The van der Waals surface area contributed by atoms with E-state index >= 15 is 0 Å². The number of unbranched alkanes of at least 4 members (excludes halogenated alkanes) is 4. The van der Waals surface area contributed by atoms with Crippen molar-refractivity contribution in [2.75, 3.05) is 33.4 Å². The van der Waals surface area contributed by atoms with Crippen molar-refractivity contribution in [2.45, 2.75) is 51.6 Å². The molecule has 0 fully saturated rings. The second-order valence-electron chi connectivity index (χ2n) is 9.55.